The fourth-order valence-corrected chi connectivity index (χ4v) is 3.13. The Hall–Kier alpha value is -3.81. The van der Waals surface area contributed by atoms with Gasteiger partial charge in [-0.2, -0.15) is 0 Å². The van der Waals surface area contributed by atoms with Crippen molar-refractivity contribution in [2.45, 2.75) is 26.5 Å². The molecule has 0 radical (unpaired) electrons. The van der Waals surface area contributed by atoms with Crippen LogP contribution in [0.25, 0.3) is 11.5 Å². The summed E-state index contributed by atoms with van der Waals surface area (Å²) in [6.07, 6.45) is 0. The summed E-state index contributed by atoms with van der Waals surface area (Å²) < 4.78 is 10.7. The van der Waals surface area contributed by atoms with E-state index >= 15 is 0 Å². The highest BCUT2D eigenvalue weighted by atomic mass is 16.5. The van der Waals surface area contributed by atoms with E-state index in [4.69, 9.17) is 9.15 Å². The Balaban J connectivity index is 1.42. The molecule has 0 unspecified atom stereocenters. The van der Waals surface area contributed by atoms with Crippen LogP contribution in [-0.2, 0) is 16.1 Å². The second-order valence-corrected chi connectivity index (χ2v) is 6.68. The van der Waals surface area contributed by atoms with Crippen LogP contribution in [0.15, 0.2) is 52.9 Å². The Morgan fingerprint density at radius 3 is 2.41 bits per heavy atom. The van der Waals surface area contributed by atoms with Gasteiger partial charge in [-0.1, -0.05) is 29.8 Å². The van der Waals surface area contributed by atoms with Gasteiger partial charge >= 0.3 is 5.97 Å². The molecule has 29 heavy (non-hydrogen) atoms. The number of imide groups is 1. The van der Waals surface area contributed by atoms with Crippen LogP contribution in [-0.4, -0.2) is 38.9 Å². The summed E-state index contributed by atoms with van der Waals surface area (Å²) in [4.78, 5) is 38.3. The third-order valence-corrected chi connectivity index (χ3v) is 4.62. The lowest BCUT2D eigenvalue weighted by atomic mass is 10.1. The van der Waals surface area contributed by atoms with E-state index in [1.807, 2.05) is 31.2 Å². The molecule has 8 nitrogen and oxygen atoms in total. The predicted molar refractivity (Wildman–Crippen MR) is 101 cm³/mol. The Morgan fingerprint density at radius 2 is 1.76 bits per heavy atom. The minimum absolute atomic E-state index is 0.115. The molecule has 146 valence electrons. The number of aryl methyl sites for hydroxylation is 1. The lowest BCUT2D eigenvalue weighted by Gasteiger charge is -2.20. The minimum Gasteiger partial charge on any atom is -0.454 e. The fraction of sp³-hybridized carbons (Fsp3) is 0.190. The van der Waals surface area contributed by atoms with Gasteiger partial charge in [-0.25, -0.2) is 4.79 Å². The molecular formula is C21H17N3O5. The quantitative estimate of drug-likeness (QED) is 0.487. The van der Waals surface area contributed by atoms with Crippen molar-refractivity contribution in [3.8, 4) is 11.5 Å². The number of rotatable bonds is 5. The zero-order valence-corrected chi connectivity index (χ0v) is 15.8. The van der Waals surface area contributed by atoms with Crippen molar-refractivity contribution >= 4 is 17.8 Å². The maximum atomic E-state index is 12.5. The highest BCUT2D eigenvalue weighted by Crippen LogP contribution is 2.25. The topological polar surface area (TPSA) is 103 Å². The number of hydrogen-bond acceptors (Lipinski definition) is 7. The predicted octanol–water partition coefficient (Wildman–Crippen LogP) is 2.77. The van der Waals surface area contributed by atoms with Gasteiger partial charge in [0.15, 0.2) is 6.61 Å². The van der Waals surface area contributed by atoms with Crippen LogP contribution in [0.1, 0.15) is 39.1 Å². The molecule has 3 aromatic rings. The summed E-state index contributed by atoms with van der Waals surface area (Å²) in [5.41, 5.74) is 2.35. The third kappa shape index (κ3) is 3.40. The van der Waals surface area contributed by atoms with E-state index in [0.29, 0.717) is 5.89 Å². The second-order valence-electron chi connectivity index (χ2n) is 6.68. The molecule has 2 amide bonds. The van der Waals surface area contributed by atoms with Crippen molar-refractivity contribution in [2.75, 3.05) is 0 Å². The lowest BCUT2D eigenvalue weighted by Crippen LogP contribution is -2.43. The summed E-state index contributed by atoms with van der Waals surface area (Å²) in [6, 6.07) is 12.9. The number of esters is 1. The summed E-state index contributed by atoms with van der Waals surface area (Å²) in [6.45, 7) is 3.13. The number of ether oxygens (including phenoxy) is 1. The van der Waals surface area contributed by atoms with Crippen molar-refractivity contribution in [3.05, 3.63) is 71.1 Å². The summed E-state index contributed by atoms with van der Waals surface area (Å²) in [5, 5.41) is 7.82. The van der Waals surface area contributed by atoms with E-state index in [-0.39, 0.29) is 23.6 Å². The zero-order chi connectivity index (χ0) is 20.5. The van der Waals surface area contributed by atoms with Crippen LogP contribution in [0, 0.1) is 6.92 Å². The number of nitrogens with zero attached hydrogens (tertiary/aromatic N) is 3. The van der Waals surface area contributed by atoms with E-state index in [1.165, 1.54) is 6.92 Å². The second kappa shape index (κ2) is 7.31. The number of aromatic nitrogens is 2. The average molecular weight is 391 g/mol. The van der Waals surface area contributed by atoms with Crippen LogP contribution in [0.5, 0.6) is 0 Å². The molecule has 4 rings (SSSR count). The van der Waals surface area contributed by atoms with E-state index in [9.17, 15) is 14.4 Å². The van der Waals surface area contributed by atoms with Crippen LogP contribution in [0.4, 0.5) is 0 Å². The number of fused-ring (bicyclic) bond motifs is 1. The molecule has 1 aromatic heterocycles. The van der Waals surface area contributed by atoms with E-state index in [0.717, 1.165) is 16.0 Å². The molecule has 0 aliphatic carbocycles. The molecule has 1 aliphatic rings. The van der Waals surface area contributed by atoms with Crippen molar-refractivity contribution in [2.24, 2.45) is 0 Å². The molecule has 0 saturated heterocycles. The summed E-state index contributed by atoms with van der Waals surface area (Å²) in [5.74, 6) is -1.35. The van der Waals surface area contributed by atoms with Gasteiger partial charge in [0.1, 0.15) is 6.04 Å². The Bertz CT molecular complexity index is 1090. The van der Waals surface area contributed by atoms with Gasteiger partial charge < -0.3 is 9.15 Å². The van der Waals surface area contributed by atoms with E-state index in [2.05, 4.69) is 10.2 Å². The van der Waals surface area contributed by atoms with E-state index < -0.39 is 23.8 Å². The number of carbonyl (C=O) groups excluding carboxylic acids is 3. The molecule has 2 aromatic carbocycles. The van der Waals surface area contributed by atoms with Crippen molar-refractivity contribution < 1.29 is 23.5 Å². The minimum atomic E-state index is -1.08. The van der Waals surface area contributed by atoms with Crippen LogP contribution >= 0.6 is 0 Å². The maximum absolute atomic E-state index is 12.5. The van der Waals surface area contributed by atoms with Crippen LogP contribution < -0.4 is 0 Å². The number of carbonyl (C=O) groups is 3. The standard InChI is InChI=1S/C21H17N3O5/c1-12-6-5-7-14(10-12)18-23-22-17(29-18)11-28-21(27)13(2)24-19(25)15-8-3-4-9-16(15)20(24)26/h3-10,13H,11H2,1-2H3/t13-/m0/s1. The average Bonchev–Trinajstić information content (AvgIpc) is 3.29. The molecular weight excluding hydrogens is 374 g/mol. The van der Waals surface area contributed by atoms with Gasteiger partial charge in [-0.3, -0.25) is 14.5 Å². The van der Waals surface area contributed by atoms with Gasteiger partial charge in [0.25, 0.3) is 17.7 Å². The van der Waals surface area contributed by atoms with Crippen molar-refractivity contribution in [1.29, 1.82) is 0 Å². The van der Waals surface area contributed by atoms with Gasteiger partial charge in [0, 0.05) is 5.56 Å². The molecule has 8 heteroatoms. The van der Waals surface area contributed by atoms with Crippen LogP contribution in [0.3, 0.4) is 0 Å². The monoisotopic (exact) mass is 391 g/mol. The molecule has 0 N–H and O–H groups in total. The molecule has 0 bridgehead atoms. The van der Waals surface area contributed by atoms with Gasteiger partial charge in [0.05, 0.1) is 11.1 Å². The molecule has 1 atom stereocenters. The highest BCUT2D eigenvalue weighted by Gasteiger charge is 2.41. The Labute approximate surface area is 166 Å². The first-order valence-corrected chi connectivity index (χ1v) is 8.98. The molecule has 2 heterocycles. The maximum Gasteiger partial charge on any atom is 0.329 e. The number of benzene rings is 2. The SMILES string of the molecule is Cc1cccc(-c2nnc(COC(=O)[C@H](C)N3C(=O)c4ccccc4C3=O)o2)c1. The lowest BCUT2D eigenvalue weighted by molar-refractivity contribution is -0.149. The number of hydrogen-bond donors (Lipinski definition) is 0. The molecule has 1 aliphatic heterocycles. The Morgan fingerprint density at radius 1 is 1.07 bits per heavy atom. The highest BCUT2D eigenvalue weighted by molar-refractivity contribution is 6.22. The zero-order valence-electron chi connectivity index (χ0n) is 15.8. The van der Waals surface area contributed by atoms with Gasteiger partial charge in [0.2, 0.25) is 5.89 Å². The molecule has 0 fully saturated rings. The smallest absolute Gasteiger partial charge is 0.329 e. The van der Waals surface area contributed by atoms with Gasteiger partial charge in [-0.15, -0.1) is 10.2 Å². The largest absolute Gasteiger partial charge is 0.454 e. The van der Waals surface area contributed by atoms with Crippen molar-refractivity contribution in [1.82, 2.24) is 15.1 Å². The Kier molecular flexibility index (Phi) is 4.67. The van der Waals surface area contributed by atoms with Crippen LogP contribution in [0.2, 0.25) is 0 Å². The molecule has 0 spiro atoms. The molecule has 0 saturated carbocycles. The third-order valence-electron chi connectivity index (χ3n) is 4.62. The normalized spacial score (nSPS) is 14.1. The first kappa shape index (κ1) is 18.5. The fourth-order valence-electron chi connectivity index (χ4n) is 3.13. The number of amides is 2. The first-order chi connectivity index (χ1) is 14.0. The van der Waals surface area contributed by atoms with E-state index in [1.54, 1.807) is 24.3 Å². The summed E-state index contributed by atoms with van der Waals surface area (Å²) >= 11 is 0. The summed E-state index contributed by atoms with van der Waals surface area (Å²) in [7, 11) is 0. The first-order valence-electron chi connectivity index (χ1n) is 8.98. The van der Waals surface area contributed by atoms with Gasteiger partial charge in [-0.05, 0) is 38.1 Å². The van der Waals surface area contributed by atoms with Crippen molar-refractivity contribution in [3.63, 3.8) is 0 Å².